The molecule has 0 unspecified atom stereocenters. The van der Waals surface area contributed by atoms with E-state index in [1.54, 1.807) is 19.2 Å². The van der Waals surface area contributed by atoms with Gasteiger partial charge in [0.1, 0.15) is 17.0 Å². The fraction of sp³-hybridized carbons (Fsp3) is 0.364. The van der Waals surface area contributed by atoms with Gasteiger partial charge in [0.15, 0.2) is 4.80 Å². The SMILES string of the molecule is CCCCCOc1cccc(C(=O)N=c2sc3cccc(OC)c3n2CC)c1. The number of para-hydroxylation sites is 1. The molecule has 0 N–H and O–H groups in total. The van der Waals surface area contributed by atoms with E-state index in [9.17, 15) is 4.79 Å². The van der Waals surface area contributed by atoms with E-state index in [-0.39, 0.29) is 5.91 Å². The third-order valence-corrected chi connectivity index (χ3v) is 5.54. The smallest absolute Gasteiger partial charge is 0.279 e. The standard InChI is InChI=1S/C22H26N2O3S/c1-4-6-7-14-27-17-11-8-10-16(15-17)21(25)23-22-24(5-2)20-18(26-3)12-9-13-19(20)28-22/h8-13,15H,4-7,14H2,1-3H3. The van der Waals surface area contributed by atoms with Crippen molar-refractivity contribution < 1.29 is 14.3 Å². The van der Waals surface area contributed by atoms with Gasteiger partial charge in [-0.05, 0) is 43.7 Å². The Labute approximate surface area is 169 Å². The summed E-state index contributed by atoms with van der Waals surface area (Å²) in [7, 11) is 1.65. The molecule has 0 atom stereocenters. The van der Waals surface area contributed by atoms with Gasteiger partial charge in [-0.3, -0.25) is 4.79 Å². The summed E-state index contributed by atoms with van der Waals surface area (Å²) in [5.41, 5.74) is 1.50. The molecule has 2 aromatic carbocycles. The molecule has 3 rings (SSSR count). The van der Waals surface area contributed by atoms with Crippen LogP contribution in [0.2, 0.25) is 0 Å². The fourth-order valence-electron chi connectivity index (χ4n) is 3.05. The maximum atomic E-state index is 12.8. The Morgan fingerprint density at radius 1 is 1.14 bits per heavy atom. The summed E-state index contributed by atoms with van der Waals surface area (Å²) in [6.45, 7) is 5.56. The maximum Gasteiger partial charge on any atom is 0.279 e. The Morgan fingerprint density at radius 2 is 1.96 bits per heavy atom. The lowest BCUT2D eigenvalue weighted by Crippen LogP contribution is -2.16. The van der Waals surface area contributed by atoms with E-state index in [1.165, 1.54) is 11.3 Å². The highest BCUT2D eigenvalue weighted by Crippen LogP contribution is 2.27. The largest absolute Gasteiger partial charge is 0.495 e. The summed E-state index contributed by atoms with van der Waals surface area (Å²) < 4.78 is 14.3. The number of fused-ring (bicyclic) bond motifs is 1. The van der Waals surface area contributed by atoms with E-state index in [2.05, 4.69) is 11.9 Å². The van der Waals surface area contributed by atoms with Crippen molar-refractivity contribution in [1.29, 1.82) is 0 Å². The number of unbranched alkanes of at least 4 members (excludes halogenated alkanes) is 2. The predicted octanol–water partition coefficient (Wildman–Crippen LogP) is 5.04. The molecular weight excluding hydrogens is 372 g/mol. The van der Waals surface area contributed by atoms with Crippen molar-refractivity contribution >= 4 is 27.5 Å². The molecule has 28 heavy (non-hydrogen) atoms. The van der Waals surface area contributed by atoms with Crippen LogP contribution in [0.25, 0.3) is 10.2 Å². The molecular formula is C22H26N2O3S. The molecule has 0 aliphatic carbocycles. The monoisotopic (exact) mass is 398 g/mol. The summed E-state index contributed by atoms with van der Waals surface area (Å²) >= 11 is 1.49. The highest BCUT2D eigenvalue weighted by molar-refractivity contribution is 7.16. The van der Waals surface area contributed by atoms with Crippen LogP contribution in [-0.4, -0.2) is 24.2 Å². The van der Waals surface area contributed by atoms with Crippen molar-refractivity contribution in [2.75, 3.05) is 13.7 Å². The lowest BCUT2D eigenvalue weighted by atomic mass is 10.2. The quantitative estimate of drug-likeness (QED) is 0.500. The van der Waals surface area contributed by atoms with Gasteiger partial charge in [-0.15, -0.1) is 0 Å². The third kappa shape index (κ3) is 4.44. The Morgan fingerprint density at radius 3 is 2.71 bits per heavy atom. The van der Waals surface area contributed by atoms with Gasteiger partial charge in [-0.2, -0.15) is 4.99 Å². The van der Waals surface area contributed by atoms with Crippen molar-refractivity contribution in [3.05, 3.63) is 52.8 Å². The van der Waals surface area contributed by atoms with Gasteiger partial charge in [-0.1, -0.05) is 43.2 Å². The summed E-state index contributed by atoms with van der Waals surface area (Å²) in [6, 6.07) is 13.1. The molecule has 5 nitrogen and oxygen atoms in total. The highest BCUT2D eigenvalue weighted by atomic mass is 32.1. The molecule has 0 saturated carbocycles. The van der Waals surface area contributed by atoms with Crippen LogP contribution in [-0.2, 0) is 6.54 Å². The molecule has 0 bridgehead atoms. The number of ether oxygens (including phenoxy) is 2. The molecule has 1 amide bonds. The van der Waals surface area contributed by atoms with Crippen LogP contribution in [0.15, 0.2) is 47.5 Å². The van der Waals surface area contributed by atoms with Crippen molar-refractivity contribution in [2.45, 2.75) is 39.7 Å². The summed E-state index contributed by atoms with van der Waals surface area (Å²) in [4.78, 5) is 17.8. The van der Waals surface area contributed by atoms with Crippen molar-refractivity contribution in [3.63, 3.8) is 0 Å². The second kappa shape index (κ2) is 9.55. The van der Waals surface area contributed by atoms with Crippen molar-refractivity contribution in [1.82, 2.24) is 4.57 Å². The van der Waals surface area contributed by atoms with E-state index < -0.39 is 0 Å². The van der Waals surface area contributed by atoms with Crippen LogP contribution in [0.3, 0.4) is 0 Å². The normalized spacial score (nSPS) is 11.8. The first-order valence-electron chi connectivity index (χ1n) is 9.66. The Bertz CT molecular complexity index is 1020. The molecule has 148 valence electrons. The maximum absolute atomic E-state index is 12.8. The average Bonchev–Trinajstić information content (AvgIpc) is 3.08. The van der Waals surface area contributed by atoms with Gasteiger partial charge < -0.3 is 14.0 Å². The van der Waals surface area contributed by atoms with Gasteiger partial charge in [-0.25, -0.2) is 0 Å². The molecule has 1 heterocycles. The lowest BCUT2D eigenvalue weighted by Gasteiger charge is -2.07. The number of benzene rings is 2. The van der Waals surface area contributed by atoms with Crippen LogP contribution in [0.4, 0.5) is 0 Å². The van der Waals surface area contributed by atoms with E-state index in [0.717, 1.165) is 35.2 Å². The number of carbonyl (C=O) groups is 1. The molecule has 0 saturated heterocycles. The molecule has 0 spiro atoms. The number of thiazole rings is 1. The van der Waals surface area contributed by atoms with E-state index >= 15 is 0 Å². The first-order chi connectivity index (χ1) is 13.7. The molecule has 0 aliphatic heterocycles. The van der Waals surface area contributed by atoms with Gasteiger partial charge >= 0.3 is 0 Å². The molecule has 6 heteroatoms. The Hall–Kier alpha value is -2.60. The number of aromatic nitrogens is 1. The molecule has 0 radical (unpaired) electrons. The minimum absolute atomic E-state index is 0.272. The number of hydrogen-bond acceptors (Lipinski definition) is 4. The molecule has 0 aliphatic rings. The highest BCUT2D eigenvalue weighted by Gasteiger charge is 2.12. The molecule has 1 aromatic heterocycles. The number of amides is 1. The van der Waals surface area contributed by atoms with Gasteiger partial charge in [0, 0.05) is 12.1 Å². The summed E-state index contributed by atoms with van der Waals surface area (Å²) in [6.07, 6.45) is 3.30. The number of aryl methyl sites for hydroxylation is 1. The zero-order chi connectivity index (χ0) is 19.9. The fourth-order valence-corrected chi connectivity index (χ4v) is 4.16. The van der Waals surface area contributed by atoms with E-state index in [0.29, 0.717) is 29.3 Å². The van der Waals surface area contributed by atoms with Crippen LogP contribution in [0, 0.1) is 0 Å². The first-order valence-corrected chi connectivity index (χ1v) is 10.5. The van der Waals surface area contributed by atoms with Crippen LogP contribution in [0.5, 0.6) is 11.5 Å². The summed E-state index contributed by atoms with van der Waals surface area (Å²) in [5.74, 6) is 1.22. The number of nitrogens with zero attached hydrogens (tertiary/aromatic N) is 2. The van der Waals surface area contributed by atoms with Crippen LogP contribution >= 0.6 is 11.3 Å². The van der Waals surface area contributed by atoms with E-state index in [1.807, 2.05) is 41.8 Å². The van der Waals surface area contributed by atoms with Crippen molar-refractivity contribution in [2.24, 2.45) is 4.99 Å². The minimum Gasteiger partial charge on any atom is -0.495 e. The van der Waals surface area contributed by atoms with Crippen LogP contribution in [0.1, 0.15) is 43.5 Å². The molecule has 3 aromatic rings. The van der Waals surface area contributed by atoms with Gasteiger partial charge in [0.25, 0.3) is 5.91 Å². The number of rotatable bonds is 8. The van der Waals surface area contributed by atoms with E-state index in [4.69, 9.17) is 9.47 Å². The van der Waals surface area contributed by atoms with Crippen molar-refractivity contribution in [3.8, 4) is 11.5 Å². The van der Waals surface area contributed by atoms with Gasteiger partial charge in [0.05, 0.1) is 18.4 Å². The zero-order valence-electron chi connectivity index (χ0n) is 16.6. The number of methoxy groups -OCH3 is 1. The second-order valence-corrected chi connectivity index (χ2v) is 7.45. The minimum atomic E-state index is -0.272. The molecule has 0 fully saturated rings. The summed E-state index contributed by atoms with van der Waals surface area (Å²) in [5, 5.41) is 0. The topological polar surface area (TPSA) is 52.8 Å². The lowest BCUT2D eigenvalue weighted by molar-refractivity contribution is 0.0997. The average molecular weight is 399 g/mol. The predicted molar refractivity (Wildman–Crippen MR) is 113 cm³/mol. The zero-order valence-corrected chi connectivity index (χ0v) is 17.4. The Kier molecular flexibility index (Phi) is 6.87. The first kappa shape index (κ1) is 20.1. The number of carbonyl (C=O) groups excluding carboxylic acids is 1. The third-order valence-electron chi connectivity index (χ3n) is 4.49. The van der Waals surface area contributed by atoms with Gasteiger partial charge in [0.2, 0.25) is 0 Å². The Balaban J connectivity index is 1.91. The number of hydrogen-bond donors (Lipinski definition) is 0. The van der Waals surface area contributed by atoms with Crippen LogP contribution < -0.4 is 14.3 Å². The second-order valence-electron chi connectivity index (χ2n) is 6.44.